The fraction of sp³-hybridized carbons (Fsp3) is 0.409. The number of hydrogen-bond acceptors (Lipinski definition) is 4. The maximum atomic E-state index is 12.6. The molecule has 1 aliphatic rings. The van der Waals surface area contributed by atoms with Gasteiger partial charge in [-0.05, 0) is 43.1 Å². The highest BCUT2D eigenvalue weighted by atomic mass is 16.6. The van der Waals surface area contributed by atoms with Crippen molar-refractivity contribution in [3.63, 3.8) is 0 Å². The Morgan fingerprint density at radius 3 is 2.41 bits per heavy atom. The van der Waals surface area contributed by atoms with Crippen molar-refractivity contribution in [2.24, 2.45) is 0 Å². The number of para-hydroxylation sites is 3. The number of hydrogen-bond donors (Lipinski definition) is 1. The van der Waals surface area contributed by atoms with E-state index in [9.17, 15) is 4.79 Å². The summed E-state index contributed by atoms with van der Waals surface area (Å²) in [6, 6.07) is 13.9. The van der Waals surface area contributed by atoms with Gasteiger partial charge in [0, 0.05) is 12.2 Å². The standard InChI is InChI=1S/C22H28N2O3/c1-4-16-9-8-10-17(5-2)22(16)23-21(25)14-24(3)13-18-15-26-19-11-6-7-12-20(19)27-18/h6-12,18H,4-5,13-15H2,1-3H3,(H,23,25). The van der Waals surface area contributed by atoms with Gasteiger partial charge in [-0.15, -0.1) is 0 Å². The summed E-state index contributed by atoms with van der Waals surface area (Å²) in [5.74, 6) is 1.53. The fourth-order valence-corrected chi connectivity index (χ4v) is 3.39. The Kier molecular flexibility index (Phi) is 6.35. The van der Waals surface area contributed by atoms with E-state index in [1.807, 2.05) is 36.2 Å². The Hall–Kier alpha value is -2.53. The van der Waals surface area contributed by atoms with E-state index < -0.39 is 0 Å². The van der Waals surface area contributed by atoms with Crippen LogP contribution < -0.4 is 14.8 Å². The van der Waals surface area contributed by atoms with Crippen LogP contribution in [-0.4, -0.2) is 43.7 Å². The van der Waals surface area contributed by atoms with Gasteiger partial charge in [0.15, 0.2) is 11.5 Å². The molecule has 0 aliphatic carbocycles. The molecule has 5 nitrogen and oxygen atoms in total. The van der Waals surface area contributed by atoms with Crippen molar-refractivity contribution < 1.29 is 14.3 Å². The third-order valence-corrected chi connectivity index (χ3v) is 4.76. The maximum Gasteiger partial charge on any atom is 0.238 e. The lowest BCUT2D eigenvalue weighted by atomic mass is 10.0. The number of carbonyl (C=O) groups is 1. The average Bonchev–Trinajstić information content (AvgIpc) is 2.67. The van der Waals surface area contributed by atoms with Crippen LogP contribution in [0.25, 0.3) is 0 Å². The summed E-state index contributed by atoms with van der Waals surface area (Å²) in [4.78, 5) is 14.5. The molecule has 1 unspecified atom stereocenters. The number of rotatable bonds is 7. The molecule has 27 heavy (non-hydrogen) atoms. The number of carbonyl (C=O) groups excluding carboxylic acids is 1. The Morgan fingerprint density at radius 1 is 1.07 bits per heavy atom. The van der Waals surface area contributed by atoms with Crippen molar-refractivity contribution in [2.75, 3.05) is 32.1 Å². The van der Waals surface area contributed by atoms with Gasteiger partial charge in [0.05, 0.1) is 6.54 Å². The molecule has 2 aromatic carbocycles. The van der Waals surface area contributed by atoms with E-state index in [2.05, 4.69) is 37.4 Å². The van der Waals surface area contributed by atoms with E-state index in [0.717, 1.165) is 30.0 Å². The zero-order chi connectivity index (χ0) is 19.2. The zero-order valence-corrected chi connectivity index (χ0v) is 16.3. The van der Waals surface area contributed by atoms with Crippen molar-refractivity contribution in [1.29, 1.82) is 0 Å². The van der Waals surface area contributed by atoms with E-state index in [4.69, 9.17) is 9.47 Å². The van der Waals surface area contributed by atoms with Gasteiger partial charge < -0.3 is 14.8 Å². The molecule has 1 aliphatic heterocycles. The second kappa shape index (κ2) is 8.91. The molecule has 0 spiro atoms. The average molecular weight is 368 g/mol. The van der Waals surface area contributed by atoms with Crippen LogP contribution in [-0.2, 0) is 17.6 Å². The van der Waals surface area contributed by atoms with Crippen LogP contribution in [0.3, 0.4) is 0 Å². The minimum absolute atomic E-state index is 0.00905. The van der Waals surface area contributed by atoms with Crippen LogP contribution in [0.5, 0.6) is 11.5 Å². The van der Waals surface area contributed by atoms with Gasteiger partial charge in [0.25, 0.3) is 0 Å². The molecule has 5 heteroatoms. The number of anilines is 1. The lowest BCUT2D eigenvalue weighted by molar-refractivity contribution is -0.117. The predicted molar refractivity (Wildman–Crippen MR) is 108 cm³/mol. The van der Waals surface area contributed by atoms with Crippen LogP contribution in [0.1, 0.15) is 25.0 Å². The highest BCUT2D eigenvalue weighted by molar-refractivity contribution is 5.93. The van der Waals surface area contributed by atoms with Crippen LogP contribution in [0.2, 0.25) is 0 Å². The number of nitrogens with one attached hydrogen (secondary N) is 1. The quantitative estimate of drug-likeness (QED) is 0.812. The van der Waals surface area contributed by atoms with Gasteiger partial charge in [-0.1, -0.05) is 44.2 Å². The van der Waals surface area contributed by atoms with Crippen LogP contribution in [0.4, 0.5) is 5.69 Å². The fourth-order valence-electron chi connectivity index (χ4n) is 3.39. The zero-order valence-electron chi connectivity index (χ0n) is 16.3. The normalized spacial score (nSPS) is 15.6. The number of aryl methyl sites for hydroxylation is 2. The van der Waals surface area contributed by atoms with Crippen LogP contribution in [0, 0.1) is 0 Å². The third-order valence-electron chi connectivity index (χ3n) is 4.76. The number of likely N-dealkylation sites (N-methyl/N-ethyl adjacent to an activating group) is 1. The molecule has 0 bridgehead atoms. The molecule has 3 rings (SSSR count). The summed E-state index contributed by atoms with van der Waals surface area (Å²) < 4.78 is 11.7. The Labute approximate surface area is 161 Å². The van der Waals surface area contributed by atoms with E-state index in [0.29, 0.717) is 19.7 Å². The second-order valence-electron chi connectivity index (χ2n) is 6.90. The van der Waals surface area contributed by atoms with Gasteiger partial charge in [-0.2, -0.15) is 0 Å². The van der Waals surface area contributed by atoms with E-state index in [-0.39, 0.29) is 12.0 Å². The molecule has 0 radical (unpaired) electrons. The number of benzene rings is 2. The maximum absolute atomic E-state index is 12.6. The topological polar surface area (TPSA) is 50.8 Å². The van der Waals surface area contributed by atoms with E-state index >= 15 is 0 Å². The Morgan fingerprint density at radius 2 is 1.74 bits per heavy atom. The van der Waals surface area contributed by atoms with Crippen molar-refractivity contribution in [2.45, 2.75) is 32.8 Å². The number of nitrogens with zero attached hydrogens (tertiary/aromatic N) is 1. The molecular formula is C22H28N2O3. The Bertz CT molecular complexity index is 769. The molecule has 0 aromatic heterocycles. The van der Waals surface area contributed by atoms with Crippen LogP contribution >= 0.6 is 0 Å². The van der Waals surface area contributed by atoms with Gasteiger partial charge in [-0.3, -0.25) is 9.69 Å². The lowest BCUT2D eigenvalue weighted by Crippen LogP contribution is -2.42. The monoisotopic (exact) mass is 368 g/mol. The number of amides is 1. The first-order valence-electron chi connectivity index (χ1n) is 9.58. The van der Waals surface area contributed by atoms with Gasteiger partial charge in [0.1, 0.15) is 12.7 Å². The molecular weight excluding hydrogens is 340 g/mol. The minimum Gasteiger partial charge on any atom is -0.486 e. The Balaban J connectivity index is 1.56. The summed E-state index contributed by atoms with van der Waals surface area (Å²) in [7, 11) is 1.93. The highest BCUT2D eigenvalue weighted by Crippen LogP contribution is 2.31. The molecule has 1 atom stereocenters. The lowest BCUT2D eigenvalue weighted by Gasteiger charge is -2.29. The van der Waals surface area contributed by atoms with E-state index in [1.165, 1.54) is 11.1 Å². The minimum atomic E-state index is -0.0909. The molecule has 144 valence electrons. The van der Waals surface area contributed by atoms with Crippen molar-refractivity contribution >= 4 is 11.6 Å². The number of ether oxygens (including phenoxy) is 2. The van der Waals surface area contributed by atoms with Crippen molar-refractivity contribution in [3.05, 3.63) is 53.6 Å². The SMILES string of the molecule is CCc1cccc(CC)c1NC(=O)CN(C)CC1COc2ccccc2O1. The molecule has 0 saturated heterocycles. The predicted octanol–water partition coefficient (Wildman–Crippen LogP) is 3.52. The largest absolute Gasteiger partial charge is 0.486 e. The summed E-state index contributed by atoms with van der Waals surface area (Å²) in [6.07, 6.45) is 1.70. The number of fused-ring (bicyclic) bond motifs is 1. The summed E-state index contributed by atoms with van der Waals surface area (Å²) in [5.41, 5.74) is 3.31. The van der Waals surface area contributed by atoms with Crippen molar-refractivity contribution in [1.82, 2.24) is 4.90 Å². The molecule has 1 N–H and O–H groups in total. The summed E-state index contributed by atoms with van der Waals surface area (Å²) in [6.45, 7) is 5.63. The van der Waals surface area contributed by atoms with Gasteiger partial charge in [0.2, 0.25) is 5.91 Å². The first-order valence-corrected chi connectivity index (χ1v) is 9.58. The smallest absolute Gasteiger partial charge is 0.238 e. The second-order valence-corrected chi connectivity index (χ2v) is 6.90. The highest BCUT2D eigenvalue weighted by Gasteiger charge is 2.22. The van der Waals surface area contributed by atoms with Crippen LogP contribution in [0.15, 0.2) is 42.5 Å². The van der Waals surface area contributed by atoms with Gasteiger partial charge in [-0.25, -0.2) is 0 Å². The summed E-state index contributed by atoms with van der Waals surface area (Å²) >= 11 is 0. The molecule has 2 aromatic rings. The third kappa shape index (κ3) is 4.80. The molecule has 1 heterocycles. The molecule has 1 amide bonds. The van der Waals surface area contributed by atoms with E-state index in [1.54, 1.807) is 0 Å². The molecule has 0 saturated carbocycles. The van der Waals surface area contributed by atoms with Crippen molar-refractivity contribution in [3.8, 4) is 11.5 Å². The first-order chi connectivity index (χ1) is 13.1. The summed E-state index contributed by atoms with van der Waals surface area (Å²) in [5, 5.41) is 3.11. The van der Waals surface area contributed by atoms with Gasteiger partial charge >= 0.3 is 0 Å². The first kappa shape index (κ1) is 19.2. The molecule has 0 fully saturated rings.